The van der Waals surface area contributed by atoms with Gasteiger partial charge in [0.15, 0.2) is 0 Å². The molecule has 0 atom stereocenters. The maximum atomic E-state index is 14.7. The zero-order valence-electron chi connectivity index (χ0n) is 24.6. The predicted molar refractivity (Wildman–Crippen MR) is 174 cm³/mol. The quantitative estimate of drug-likeness (QED) is 0.171. The van der Waals surface area contributed by atoms with Crippen molar-refractivity contribution >= 4 is 27.5 Å². The van der Waals surface area contributed by atoms with E-state index in [-0.39, 0.29) is 5.82 Å². The molecule has 7 rings (SSSR count). The normalized spacial score (nSPS) is 14.0. The van der Waals surface area contributed by atoms with Gasteiger partial charge in [0.1, 0.15) is 11.5 Å². The third-order valence-electron chi connectivity index (χ3n) is 8.31. The summed E-state index contributed by atoms with van der Waals surface area (Å²) in [4.78, 5) is 12.7. The third kappa shape index (κ3) is 5.76. The molecule has 0 amide bonds. The number of likely N-dealkylation sites (tertiary alicyclic amines) is 1. The average Bonchev–Trinajstić information content (AvgIpc) is 3.76. The van der Waals surface area contributed by atoms with E-state index in [4.69, 9.17) is 5.10 Å². The molecule has 0 spiro atoms. The van der Waals surface area contributed by atoms with Crippen LogP contribution in [0.4, 0.5) is 10.1 Å². The summed E-state index contributed by atoms with van der Waals surface area (Å²) in [6, 6.07) is 22.0. The molecule has 3 aromatic heterocycles. The largest absolute Gasteiger partial charge is 0.384 e. The van der Waals surface area contributed by atoms with Crippen LogP contribution in [-0.4, -0.2) is 70.2 Å². The number of nitrogens with one attached hydrogen (secondary N) is 3. The minimum Gasteiger partial charge on any atom is -0.384 e. The van der Waals surface area contributed by atoms with Crippen molar-refractivity contribution in [3.63, 3.8) is 0 Å². The molecule has 0 bridgehead atoms. The number of H-pyrrole nitrogens is 2. The van der Waals surface area contributed by atoms with Gasteiger partial charge in [-0.05, 0) is 111 Å². The number of hydrogen-bond donors (Lipinski definition) is 3. The number of hydrogen-bond acceptors (Lipinski definition) is 5. The second kappa shape index (κ2) is 11.6. The first-order valence-electron chi connectivity index (χ1n) is 15.0. The van der Waals surface area contributed by atoms with Crippen LogP contribution in [-0.2, 0) is 6.54 Å². The SMILES string of the molecule is CN(C)CCNc1cc(F)cc(-c2cccc3[nH]c(-c4n[nH]c5ccc(-c6cncc(CN7CCCC7)c6)cc45)cc23)c1. The van der Waals surface area contributed by atoms with Crippen LogP contribution in [0, 0.1) is 5.82 Å². The van der Waals surface area contributed by atoms with Crippen molar-refractivity contribution in [2.45, 2.75) is 19.4 Å². The van der Waals surface area contributed by atoms with Crippen molar-refractivity contribution in [3.8, 4) is 33.6 Å². The number of pyridine rings is 1. The van der Waals surface area contributed by atoms with Crippen LogP contribution in [0.5, 0.6) is 0 Å². The maximum Gasteiger partial charge on any atom is 0.125 e. The highest BCUT2D eigenvalue weighted by Gasteiger charge is 2.16. The van der Waals surface area contributed by atoms with Gasteiger partial charge < -0.3 is 15.2 Å². The molecule has 0 aliphatic carbocycles. The summed E-state index contributed by atoms with van der Waals surface area (Å²) in [7, 11) is 4.05. The predicted octanol–water partition coefficient (Wildman–Crippen LogP) is 7.15. The zero-order chi connectivity index (χ0) is 29.3. The molecule has 43 heavy (non-hydrogen) atoms. The number of fused-ring (bicyclic) bond motifs is 2. The molecule has 0 saturated carbocycles. The zero-order valence-corrected chi connectivity index (χ0v) is 24.6. The van der Waals surface area contributed by atoms with E-state index in [1.165, 1.54) is 18.4 Å². The number of anilines is 1. The van der Waals surface area contributed by atoms with Crippen LogP contribution < -0.4 is 5.32 Å². The van der Waals surface area contributed by atoms with Gasteiger partial charge in [-0.25, -0.2) is 4.39 Å². The Morgan fingerprint density at radius 3 is 2.63 bits per heavy atom. The number of benzene rings is 3. The second-order valence-electron chi connectivity index (χ2n) is 11.8. The van der Waals surface area contributed by atoms with E-state index in [1.54, 1.807) is 12.1 Å². The standard InChI is InChI=1S/C35H36FN7/c1-42(2)13-10-38-28-16-25(15-27(36)18-28)29-6-5-7-32-30(29)19-34(39-32)35-31-17-24(8-9-33(31)40-41-35)26-14-23(20-37-21-26)22-43-11-3-4-12-43/h5-9,14-21,38-39H,3-4,10-13,22H2,1-2H3,(H,40,41). The highest BCUT2D eigenvalue weighted by atomic mass is 19.1. The number of aromatic amines is 2. The van der Waals surface area contributed by atoms with Crippen LogP contribution in [0.25, 0.3) is 55.4 Å². The summed E-state index contributed by atoms with van der Waals surface area (Å²) in [6.45, 7) is 4.87. The molecule has 0 radical (unpaired) electrons. The van der Waals surface area contributed by atoms with Gasteiger partial charge in [0.25, 0.3) is 0 Å². The van der Waals surface area contributed by atoms with Crippen LogP contribution >= 0.6 is 0 Å². The minimum atomic E-state index is -0.262. The van der Waals surface area contributed by atoms with Crippen LogP contribution in [0.2, 0.25) is 0 Å². The Labute approximate surface area is 250 Å². The number of aromatic nitrogens is 4. The Morgan fingerprint density at radius 1 is 0.884 bits per heavy atom. The smallest absolute Gasteiger partial charge is 0.125 e. The molecule has 7 nitrogen and oxygen atoms in total. The maximum absolute atomic E-state index is 14.7. The molecule has 1 aliphatic rings. The lowest BCUT2D eigenvalue weighted by atomic mass is 10.00. The molecular weight excluding hydrogens is 537 g/mol. The lowest BCUT2D eigenvalue weighted by Gasteiger charge is -2.14. The highest BCUT2D eigenvalue weighted by Crippen LogP contribution is 2.36. The van der Waals surface area contributed by atoms with Crippen molar-refractivity contribution in [1.82, 2.24) is 30.0 Å². The second-order valence-corrected chi connectivity index (χ2v) is 11.8. The first-order chi connectivity index (χ1) is 21.0. The van der Waals surface area contributed by atoms with E-state index >= 15 is 0 Å². The molecule has 218 valence electrons. The molecule has 0 unspecified atom stereocenters. The number of likely N-dealkylation sites (N-methyl/N-ethyl adjacent to an activating group) is 1. The molecule has 6 aromatic rings. The Hall–Kier alpha value is -4.53. The fourth-order valence-corrected chi connectivity index (χ4v) is 6.14. The third-order valence-corrected chi connectivity index (χ3v) is 8.31. The van der Waals surface area contributed by atoms with Crippen LogP contribution in [0.1, 0.15) is 18.4 Å². The van der Waals surface area contributed by atoms with Gasteiger partial charge in [-0.1, -0.05) is 18.2 Å². The fourth-order valence-electron chi connectivity index (χ4n) is 6.14. The summed E-state index contributed by atoms with van der Waals surface area (Å²) in [5.74, 6) is -0.262. The first-order valence-corrected chi connectivity index (χ1v) is 15.0. The highest BCUT2D eigenvalue weighted by molar-refractivity contribution is 6.02. The topological polar surface area (TPSA) is 75.9 Å². The molecule has 4 heterocycles. The molecule has 3 aromatic carbocycles. The summed E-state index contributed by atoms with van der Waals surface area (Å²) >= 11 is 0. The molecule has 8 heteroatoms. The molecular formula is C35H36FN7. The van der Waals surface area contributed by atoms with Crippen molar-refractivity contribution in [2.24, 2.45) is 0 Å². The van der Waals surface area contributed by atoms with E-state index in [2.05, 4.69) is 66.6 Å². The molecule has 1 aliphatic heterocycles. The minimum absolute atomic E-state index is 0.262. The monoisotopic (exact) mass is 573 g/mol. The van der Waals surface area contributed by atoms with Crippen molar-refractivity contribution in [1.29, 1.82) is 0 Å². The van der Waals surface area contributed by atoms with Gasteiger partial charge in [-0.15, -0.1) is 0 Å². The summed E-state index contributed by atoms with van der Waals surface area (Å²) < 4.78 is 14.7. The average molecular weight is 574 g/mol. The number of halogens is 1. The summed E-state index contributed by atoms with van der Waals surface area (Å²) in [5, 5.41) is 13.3. The summed E-state index contributed by atoms with van der Waals surface area (Å²) in [5.41, 5.74) is 9.73. The van der Waals surface area contributed by atoms with E-state index in [1.807, 2.05) is 44.7 Å². The van der Waals surface area contributed by atoms with Gasteiger partial charge >= 0.3 is 0 Å². The van der Waals surface area contributed by atoms with Gasteiger partial charge in [0.05, 0.1) is 11.2 Å². The molecule has 1 saturated heterocycles. The van der Waals surface area contributed by atoms with Crippen LogP contribution in [0.15, 0.2) is 79.1 Å². The van der Waals surface area contributed by atoms with Gasteiger partial charge in [0.2, 0.25) is 0 Å². The van der Waals surface area contributed by atoms with Gasteiger partial charge in [-0.3, -0.25) is 15.0 Å². The lowest BCUT2D eigenvalue weighted by Crippen LogP contribution is -2.20. The van der Waals surface area contributed by atoms with Crippen molar-refractivity contribution < 1.29 is 4.39 Å². The van der Waals surface area contributed by atoms with Crippen LogP contribution in [0.3, 0.4) is 0 Å². The van der Waals surface area contributed by atoms with Crippen molar-refractivity contribution in [3.05, 3.63) is 90.5 Å². The molecule has 1 fully saturated rings. The van der Waals surface area contributed by atoms with E-state index in [9.17, 15) is 4.39 Å². The fraction of sp³-hybridized carbons (Fsp3) is 0.257. The Bertz CT molecular complexity index is 1900. The molecule has 3 N–H and O–H groups in total. The van der Waals surface area contributed by atoms with E-state index in [0.29, 0.717) is 0 Å². The Balaban J connectivity index is 1.22. The summed E-state index contributed by atoms with van der Waals surface area (Å²) in [6.07, 6.45) is 6.47. The van der Waals surface area contributed by atoms with Gasteiger partial charge in [0, 0.05) is 59.6 Å². The van der Waals surface area contributed by atoms with E-state index in [0.717, 1.165) is 93.9 Å². The van der Waals surface area contributed by atoms with E-state index < -0.39 is 0 Å². The number of nitrogens with zero attached hydrogens (tertiary/aromatic N) is 4. The lowest BCUT2D eigenvalue weighted by molar-refractivity contribution is 0.331. The number of rotatable bonds is 9. The van der Waals surface area contributed by atoms with Gasteiger partial charge in [-0.2, -0.15) is 5.10 Å². The Morgan fingerprint density at radius 2 is 1.77 bits per heavy atom. The first kappa shape index (κ1) is 27.3. The Kier molecular flexibility index (Phi) is 7.39. The van der Waals surface area contributed by atoms with Crippen molar-refractivity contribution in [2.75, 3.05) is 45.6 Å².